The van der Waals surface area contributed by atoms with Crippen LogP contribution in [0.15, 0.2) is 6.07 Å². The molecular formula is C15H23N5S. The number of rotatable bonds is 3. The molecule has 1 aliphatic heterocycles. The lowest BCUT2D eigenvalue weighted by atomic mass is 10.0. The Morgan fingerprint density at radius 1 is 1.33 bits per heavy atom. The Labute approximate surface area is 130 Å². The van der Waals surface area contributed by atoms with Crippen molar-refractivity contribution in [3.63, 3.8) is 0 Å². The third kappa shape index (κ3) is 2.74. The quantitative estimate of drug-likeness (QED) is 0.817. The second-order valence-electron chi connectivity index (χ2n) is 5.97. The van der Waals surface area contributed by atoms with Gasteiger partial charge in [0.25, 0.3) is 5.78 Å². The highest BCUT2D eigenvalue weighted by Gasteiger charge is 2.22. The van der Waals surface area contributed by atoms with Crippen molar-refractivity contribution in [3.8, 4) is 0 Å². The summed E-state index contributed by atoms with van der Waals surface area (Å²) in [7, 11) is 0. The van der Waals surface area contributed by atoms with Crippen LogP contribution in [0.5, 0.6) is 0 Å². The summed E-state index contributed by atoms with van der Waals surface area (Å²) in [6.07, 6.45) is 5.09. The van der Waals surface area contributed by atoms with E-state index in [9.17, 15) is 0 Å². The first kappa shape index (κ1) is 14.7. The highest BCUT2D eigenvalue weighted by Crippen LogP contribution is 2.20. The second-order valence-corrected chi connectivity index (χ2v) is 6.33. The molecule has 1 aliphatic rings. The molecule has 2 aromatic heterocycles. The lowest BCUT2D eigenvalue weighted by Crippen LogP contribution is -2.40. The van der Waals surface area contributed by atoms with Gasteiger partial charge in [0, 0.05) is 24.0 Å². The molecule has 0 aliphatic carbocycles. The zero-order chi connectivity index (χ0) is 15.0. The minimum Gasteiger partial charge on any atom is -0.281 e. The average molecular weight is 305 g/mol. The van der Waals surface area contributed by atoms with Gasteiger partial charge < -0.3 is 0 Å². The van der Waals surface area contributed by atoms with Crippen LogP contribution in [0.1, 0.15) is 44.0 Å². The molecule has 0 radical (unpaired) electrons. The Morgan fingerprint density at radius 3 is 2.90 bits per heavy atom. The molecule has 3 heterocycles. The molecule has 3 rings (SSSR count). The number of nitrogens with zero attached hydrogens (tertiary/aromatic N) is 5. The van der Waals surface area contributed by atoms with Crippen molar-refractivity contribution in [2.75, 3.05) is 6.54 Å². The van der Waals surface area contributed by atoms with Crippen LogP contribution in [0.3, 0.4) is 0 Å². The fourth-order valence-electron chi connectivity index (χ4n) is 3.31. The topological polar surface area (TPSA) is 38.4 Å². The summed E-state index contributed by atoms with van der Waals surface area (Å²) in [6.45, 7) is 8.23. The molecule has 1 fully saturated rings. The molecule has 0 bridgehead atoms. The smallest absolute Gasteiger partial charge is 0.254 e. The Kier molecular flexibility index (Phi) is 4.08. The van der Waals surface area contributed by atoms with Crippen molar-refractivity contribution in [2.45, 2.75) is 59.2 Å². The van der Waals surface area contributed by atoms with Gasteiger partial charge in [-0.3, -0.25) is 9.30 Å². The van der Waals surface area contributed by atoms with Gasteiger partial charge >= 0.3 is 0 Å². The van der Waals surface area contributed by atoms with Gasteiger partial charge in [-0.25, -0.2) is 9.67 Å². The number of hydrogen-bond acceptors (Lipinski definition) is 4. The fraction of sp³-hybridized carbons (Fsp3) is 0.667. The summed E-state index contributed by atoms with van der Waals surface area (Å²) in [5, 5.41) is 4.62. The zero-order valence-corrected chi connectivity index (χ0v) is 13.9. The van der Waals surface area contributed by atoms with Gasteiger partial charge in [0.1, 0.15) is 0 Å². The number of aromatic nitrogens is 4. The van der Waals surface area contributed by atoms with E-state index in [1.54, 1.807) is 0 Å². The maximum Gasteiger partial charge on any atom is 0.254 e. The zero-order valence-electron chi connectivity index (χ0n) is 13.0. The SMILES string of the molecule is CC[C@H]1CCCCN1Cn1nc2nc(C)cc(C)n2c1=S. The lowest BCUT2D eigenvalue weighted by Gasteiger charge is -2.34. The van der Waals surface area contributed by atoms with E-state index in [2.05, 4.69) is 28.8 Å². The van der Waals surface area contributed by atoms with Gasteiger partial charge in [0.15, 0.2) is 0 Å². The Hall–Kier alpha value is -1.27. The molecule has 0 saturated carbocycles. The predicted octanol–water partition coefficient (Wildman–Crippen LogP) is 3.10. The second kappa shape index (κ2) is 5.85. The van der Waals surface area contributed by atoms with Gasteiger partial charge in [-0.15, -0.1) is 5.10 Å². The van der Waals surface area contributed by atoms with Gasteiger partial charge in [-0.1, -0.05) is 13.3 Å². The number of hydrogen-bond donors (Lipinski definition) is 0. The first-order chi connectivity index (χ1) is 10.1. The van der Waals surface area contributed by atoms with Crippen molar-refractivity contribution in [1.29, 1.82) is 0 Å². The summed E-state index contributed by atoms with van der Waals surface area (Å²) in [6, 6.07) is 2.70. The van der Waals surface area contributed by atoms with Crippen LogP contribution in [0.2, 0.25) is 0 Å². The normalized spacial score (nSPS) is 20.2. The molecule has 0 N–H and O–H groups in total. The van der Waals surface area contributed by atoms with Crippen LogP contribution < -0.4 is 0 Å². The lowest BCUT2D eigenvalue weighted by molar-refractivity contribution is 0.101. The van der Waals surface area contributed by atoms with E-state index in [1.165, 1.54) is 25.7 Å². The van der Waals surface area contributed by atoms with Crippen molar-refractivity contribution < 1.29 is 0 Å². The van der Waals surface area contributed by atoms with Gasteiger partial charge in [-0.2, -0.15) is 0 Å². The van der Waals surface area contributed by atoms with Crippen LogP contribution in [0, 0.1) is 18.6 Å². The standard InChI is InChI=1S/C15H23N5S/c1-4-13-7-5-6-8-18(13)10-19-15(21)20-12(3)9-11(2)16-14(20)17-19/h9,13H,4-8,10H2,1-3H3/t13-/m0/s1. The molecule has 1 atom stereocenters. The fourth-order valence-corrected chi connectivity index (χ4v) is 3.63. The third-order valence-corrected chi connectivity index (χ3v) is 4.80. The van der Waals surface area contributed by atoms with Crippen LogP contribution in [-0.4, -0.2) is 36.7 Å². The molecule has 6 heteroatoms. The number of piperidine rings is 1. The summed E-state index contributed by atoms with van der Waals surface area (Å²) < 4.78 is 4.64. The number of fused-ring (bicyclic) bond motifs is 1. The molecular weight excluding hydrogens is 282 g/mol. The molecule has 0 amide bonds. The van der Waals surface area contributed by atoms with Crippen molar-refractivity contribution in [2.24, 2.45) is 0 Å². The highest BCUT2D eigenvalue weighted by molar-refractivity contribution is 7.71. The van der Waals surface area contributed by atoms with E-state index in [0.29, 0.717) is 11.8 Å². The largest absolute Gasteiger partial charge is 0.281 e. The van der Waals surface area contributed by atoms with E-state index in [1.807, 2.05) is 22.1 Å². The van der Waals surface area contributed by atoms with Crippen molar-refractivity contribution in [3.05, 3.63) is 22.2 Å². The third-order valence-electron chi connectivity index (χ3n) is 4.41. The molecule has 0 unspecified atom stereocenters. The molecule has 0 spiro atoms. The van der Waals surface area contributed by atoms with Gasteiger partial charge in [-0.05, 0) is 51.4 Å². The molecule has 21 heavy (non-hydrogen) atoms. The molecule has 0 aromatic carbocycles. The first-order valence-electron chi connectivity index (χ1n) is 7.78. The predicted molar refractivity (Wildman–Crippen MR) is 85.9 cm³/mol. The number of aryl methyl sites for hydroxylation is 2. The monoisotopic (exact) mass is 305 g/mol. The average Bonchev–Trinajstić information content (AvgIpc) is 2.76. The molecule has 5 nitrogen and oxygen atoms in total. The maximum absolute atomic E-state index is 5.60. The van der Waals surface area contributed by atoms with Crippen LogP contribution >= 0.6 is 12.2 Å². The molecule has 114 valence electrons. The minimum absolute atomic E-state index is 0.654. The summed E-state index contributed by atoms with van der Waals surface area (Å²) in [5.74, 6) is 0.711. The van der Waals surface area contributed by atoms with E-state index in [0.717, 1.165) is 29.4 Å². The van der Waals surface area contributed by atoms with Crippen molar-refractivity contribution in [1.82, 2.24) is 24.1 Å². The summed E-state index contributed by atoms with van der Waals surface area (Å²) >= 11 is 5.60. The van der Waals surface area contributed by atoms with E-state index in [-0.39, 0.29) is 0 Å². The summed E-state index contributed by atoms with van der Waals surface area (Å²) in [5.41, 5.74) is 2.08. The maximum atomic E-state index is 5.60. The van der Waals surface area contributed by atoms with Gasteiger partial charge in [0.2, 0.25) is 4.77 Å². The molecule has 1 saturated heterocycles. The summed E-state index contributed by atoms with van der Waals surface area (Å²) in [4.78, 5) is 7.00. The molecule has 2 aromatic rings. The van der Waals surface area contributed by atoms with Crippen LogP contribution in [0.25, 0.3) is 5.78 Å². The van der Waals surface area contributed by atoms with Crippen LogP contribution in [0.4, 0.5) is 0 Å². The van der Waals surface area contributed by atoms with Gasteiger partial charge in [0.05, 0.1) is 6.67 Å². The van der Waals surface area contributed by atoms with Crippen LogP contribution in [-0.2, 0) is 6.67 Å². The number of likely N-dealkylation sites (tertiary alicyclic amines) is 1. The Morgan fingerprint density at radius 2 is 2.14 bits per heavy atom. The van der Waals surface area contributed by atoms with E-state index < -0.39 is 0 Å². The Balaban J connectivity index is 1.96. The minimum atomic E-state index is 0.654. The van der Waals surface area contributed by atoms with Crippen molar-refractivity contribution >= 4 is 18.0 Å². The highest BCUT2D eigenvalue weighted by atomic mass is 32.1. The van der Waals surface area contributed by atoms with E-state index >= 15 is 0 Å². The Bertz CT molecular complexity index is 702. The van der Waals surface area contributed by atoms with E-state index in [4.69, 9.17) is 12.2 Å². The first-order valence-corrected chi connectivity index (χ1v) is 8.19.